The van der Waals surface area contributed by atoms with E-state index in [-0.39, 0.29) is 19.4 Å². The van der Waals surface area contributed by atoms with Crippen molar-refractivity contribution >= 4 is 40.1 Å². The van der Waals surface area contributed by atoms with Crippen LogP contribution in [0.1, 0.15) is 16.0 Å². The third-order valence-electron chi connectivity index (χ3n) is 5.91. The van der Waals surface area contributed by atoms with Gasteiger partial charge in [-0.15, -0.1) is 11.3 Å². The Morgan fingerprint density at radius 3 is 2.32 bits per heavy atom. The Morgan fingerprint density at radius 2 is 1.57 bits per heavy atom. The van der Waals surface area contributed by atoms with Crippen LogP contribution in [0.5, 0.6) is 0 Å². The molecule has 2 N–H and O–H groups in total. The summed E-state index contributed by atoms with van der Waals surface area (Å²) >= 11 is 1.48. The van der Waals surface area contributed by atoms with Crippen molar-refractivity contribution in [1.29, 1.82) is 0 Å². The first-order valence-electron chi connectivity index (χ1n) is 11.9. The molecule has 0 unspecified atom stereocenters. The van der Waals surface area contributed by atoms with Gasteiger partial charge in [-0.25, -0.2) is 9.59 Å². The predicted octanol–water partition coefficient (Wildman–Crippen LogP) is 4.64. The number of hydrogen-bond acceptors (Lipinski definition) is 6. The molecular weight excluding hydrogens is 488 g/mol. The fourth-order valence-corrected chi connectivity index (χ4v) is 4.80. The number of carbonyl (C=O) groups excluding carboxylic acids is 3. The lowest BCUT2D eigenvalue weighted by Crippen LogP contribution is -2.53. The summed E-state index contributed by atoms with van der Waals surface area (Å²) in [5, 5.41) is 9.38. The zero-order valence-electron chi connectivity index (χ0n) is 20.4. The molecule has 2 atom stereocenters. The topological polar surface area (TPSA) is 93.7 Å². The molecule has 0 aliphatic carbocycles. The summed E-state index contributed by atoms with van der Waals surface area (Å²) in [5.74, 6) is -1.06. The number of esters is 1. The first-order valence-corrected chi connectivity index (χ1v) is 12.8. The Bertz CT molecular complexity index is 1340. The number of hydrogen-bond donors (Lipinski definition) is 2. The fraction of sp³-hybridized carbons (Fsp3) is 0.207. The van der Waals surface area contributed by atoms with Gasteiger partial charge in [0, 0.05) is 17.7 Å². The predicted molar refractivity (Wildman–Crippen MR) is 143 cm³/mol. The van der Waals surface area contributed by atoms with Crippen LogP contribution >= 0.6 is 11.3 Å². The molecule has 7 nitrogen and oxygen atoms in total. The molecule has 0 saturated carbocycles. The largest absolute Gasteiger partial charge is 0.467 e. The molecule has 1 aromatic heterocycles. The molecule has 4 rings (SSSR count). The average molecular weight is 517 g/mol. The minimum absolute atomic E-state index is 0.0679. The fourth-order valence-electron chi connectivity index (χ4n) is 4.04. The number of benzene rings is 3. The van der Waals surface area contributed by atoms with E-state index in [2.05, 4.69) is 10.6 Å². The molecule has 2 amide bonds. The number of rotatable bonds is 10. The van der Waals surface area contributed by atoms with E-state index in [0.717, 1.165) is 26.8 Å². The van der Waals surface area contributed by atoms with Gasteiger partial charge < -0.3 is 20.1 Å². The van der Waals surface area contributed by atoms with Crippen molar-refractivity contribution < 1.29 is 23.9 Å². The molecule has 190 valence electrons. The molecule has 37 heavy (non-hydrogen) atoms. The number of carbonyl (C=O) groups is 3. The molecule has 0 spiro atoms. The van der Waals surface area contributed by atoms with Crippen molar-refractivity contribution in [2.24, 2.45) is 0 Å². The highest BCUT2D eigenvalue weighted by Crippen LogP contribution is 2.20. The third-order valence-corrected chi connectivity index (χ3v) is 6.81. The zero-order valence-corrected chi connectivity index (χ0v) is 21.2. The van der Waals surface area contributed by atoms with E-state index < -0.39 is 30.1 Å². The van der Waals surface area contributed by atoms with Crippen LogP contribution in [0.3, 0.4) is 0 Å². The molecule has 4 aromatic rings. The standard InChI is InChI=1S/C29H28N2O5S/c1-35-28(33)26(18-23-14-8-16-37-23)30-27(32)25(31-29(34)36-19-20-9-3-2-4-10-20)17-22-13-7-12-21-11-5-6-15-24(21)22/h2-16,25-26H,17-19H2,1H3,(H,30,32)(H,31,34)/t25-,26-/m0/s1. The van der Waals surface area contributed by atoms with E-state index >= 15 is 0 Å². The van der Waals surface area contributed by atoms with Gasteiger partial charge in [0.25, 0.3) is 0 Å². The summed E-state index contributed by atoms with van der Waals surface area (Å²) in [6.45, 7) is 0.0679. The minimum Gasteiger partial charge on any atom is -0.467 e. The van der Waals surface area contributed by atoms with Crippen molar-refractivity contribution in [2.45, 2.75) is 31.5 Å². The van der Waals surface area contributed by atoms with E-state index in [4.69, 9.17) is 9.47 Å². The summed E-state index contributed by atoms with van der Waals surface area (Å²) in [7, 11) is 1.28. The molecule has 1 heterocycles. The minimum atomic E-state index is -0.982. The van der Waals surface area contributed by atoms with E-state index in [9.17, 15) is 14.4 Å². The highest BCUT2D eigenvalue weighted by Gasteiger charge is 2.29. The second-order valence-electron chi connectivity index (χ2n) is 8.47. The van der Waals surface area contributed by atoms with Crippen molar-refractivity contribution in [3.8, 4) is 0 Å². The summed E-state index contributed by atoms with van der Waals surface area (Å²) in [6, 6.07) is 24.8. The second kappa shape index (κ2) is 12.7. The number of alkyl carbamates (subject to hydrolysis) is 1. The average Bonchev–Trinajstić information content (AvgIpc) is 3.44. The molecule has 0 saturated heterocycles. The normalized spacial score (nSPS) is 12.4. The van der Waals surface area contributed by atoms with Crippen molar-refractivity contribution in [3.63, 3.8) is 0 Å². The van der Waals surface area contributed by atoms with Crippen LogP contribution in [0, 0.1) is 0 Å². The van der Waals surface area contributed by atoms with E-state index in [1.807, 2.05) is 90.3 Å². The maximum absolute atomic E-state index is 13.5. The van der Waals surface area contributed by atoms with E-state index in [1.54, 1.807) is 0 Å². The number of ether oxygens (including phenoxy) is 2. The van der Waals surface area contributed by atoms with Crippen LogP contribution in [0.2, 0.25) is 0 Å². The van der Waals surface area contributed by atoms with Gasteiger partial charge in [0.1, 0.15) is 18.7 Å². The molecule has 8 heteroatoms. The summed E-state index contributed by atoms with van der Waals surface area (Å²) in [4.78, 5) is 39.6. The van der Waals surface area contributed by atoms with Gasteiger partial charge in [0.05, 0.1) is 7.11 Å². The molecule has 0 aliphatic rings. The van der Waals surface area contributed by atoms with Gasteiger partial charge in [0.2, 0.25) is 5.91 Å². The summed E-state index contributed by atoms with van der Waals surface area (Å²) in [6.07, 6.45) is -0.229. The third kappa shape index (κ3) is 7.17. The van der Waals surface area contributed by atoms with Crippen LogP contribution < -0.4 is 10.6 Å². The number of amides is 2. The lowest BCUT2D eigenvalue weighted by molar-refractivity contribution is -0.145. The number of methoxy groups -OCH3 is 1. The highest BCUT2D eigenvalue weighted by atomic mass is 32.1. The Kier molecular flexibility index (Phi) is 8.89. The van der Waals surface area contributed by atoms with Crippen molar-refractivity contribution in [2.75, 3.05) is 7.11 Å². The molecule has 0 radical (unpaired) electrons. The van der Waals surface area contributed by atoms with Crippen LogP contribution in [-0.2, 0) is 38.5 Å². The Balaban J connectivity index is 1.53. The van der Waals surface area contributed by atoms with Gasteiger partial charge >= 0.3 is 12.1 Å². The quantitative estimate of drug-likeness (QED) is 0.300. The SMILES string of the molecule is COC(=O)[C@H](Cc1cccs1)NC(=O)[C@H](Cc1cccc2ccccc12)NC(=O)OCc1ccccc1. The van der Waals surface area contributed by atoms with Gasteiger partial charge in [-0.05, 0) is 33.3 Å². The maximum atomic E-state index is 13.5. The van der Waals surface area contributed by atoms with Crippen LogP contribution in [-0.4, -0.2) is 37.2 Å². The lowest BCUT2D eigenvalue weighted by atomic mass is 9.98. The zero-order chi connectivity index (χ0) is 26.0. The van der Waals surface area contributed by atoms with Crippen LogP contribution in [0.15, 0.2) is 90.3 Å². The van der Waals surface area contributed by atoms with Crippen molar-refractivity contribution in [1.82, 2.24) is 10.6 Å². The van der Waals surface area contributed by atoms with Crippen LogP contribution in [0.4, 0.5) is 4.79 Å². The van der Waals surface area contributed by atoms with Crippen molar-refractivity contribution in [3.05, 3.63) is 106 Å². The lowest BCUT2D eigenvalue weighted by Gasteiger charge is -2.22. The Labute approximate surface area is 219 Å². The monoisotopic (exact) mass is 516 g/mol. The first-order chi connectivity index (χ1) is 18.0. The number of thiophene rings is 1. The summed E-state index contributed by atoms with van der Waals surface area (Å²) < 4.78 is 10.3. The Morgan fingerprint density at radius 1 is 0.811 bits per heavy atom. The van der Waals surface area contributed by atoms with E-state index in [1.165, 1.54) is 18.4 Å². The van der Waals surface area contributed by atoms with Gasteiger partial charge in [-0.2, -0.15) is 0 Å². The molecule has 0 bridgehead atoms. The van der Waals surface area contributed by atoms with E-state index in [0.29, 0.717) is 0 Å². The smallest absolute Gasteiger partial charge is 0.408 e. The Hall–Kier alpha value is -4.17. The van der Waals surface area contributed by atoms with Crippen LogP contribution in [0.25, 0.3) is 10.8 Å². The summed E-state index contributed by atoms with van der Waals surface area (Å²) in [5.41, 5.74) is 1.71. The number of nitrogens with one attached hydrogen (secondary N) is 2. The molecule has 3 aromatic carbocycles. The van der Waals surface area contributed by atoms with Gasteiger partial charge in [0.15, 0.2) is 0 Å². The number of fused-ring (bicyclic) bond motifs is 1. The molecular formula is C29H28N2O5S. The highest BCUT2D eigenvalue weighted by molar-refractivity contribution is 7.09. The first kappa shape index (κ1) is 25.9. The second-order valence-corrected chi connectivity index (χ2v) is 9.50. The molecule has 0 aliphatic heterocycles. The molecule has 0 fully saturated rings. The van der Waals surface area contributed by atoms with Gasteiger partial charge in [-0.1, -0.05) is 78.9 Å². The van der Waals surface area contributed by atoms with Gasteiger partial charge in [-0.3, -0.25) is 4.79 Å². The maximum Gasteiger partial charge on any atom is 0.408 e.